The molecule has 0 unspecified atom stereocenters. The SMILES string of the molecule is N#CC1(NC(=O)CNc2cc([N+](=O)[O-])ccc2NCCO)CCCC1. The summed E-state index contributed by atoms with van der Waals surface area (Å²) in [6.07, 6.45) is 3.08. The molecular weight excluding hydrogens is 326 g/mol. The van der Waals surface area contributed by atoms with E-state index in [1.165, 1.54) is 18.2 Å². The van der Waals surface area contributed by atoms with E-state index in [9.17, 15) is 20.2 Å². The number of non-ortho nitro benzene ring substituents is 1. The molecule has 1 aromatic carbocycles. The topological polar surface area (TPSA) is 140 Å². The number of carbonyl (C=O) groups is 1. The number of nitrogens with zero attached hydrogens (tertiary/aromatic N) is 2. The molecule has 1 fully saturated rings. The van der Waals surface area contributed by atoms with Gasteiger partial charge in [0.15, 0.2) is 0 Å². The standard InChI is InChI=1S/C16H21N5O4/c17-11-16(5-1-2-6-16)20-15(23)10-19-14-9-12(21(24)25)3-4-13(14)18-7-8-22/h3-4,9,18-19,22H,1-2,5-8,10H2,(H,20,23). The number of aliphatic hydroxyl groups excluding tert-OH is 1. The second-order valence-corrected chi connectivity index (χ2v) is 5.94. The van der Waals surface area contributed by atoms with E-state index < -0.39 is 10.5 Å². The number of carbonyl (C=O) groups excluding carboxylic acids is 1. The zero-order valence-electron chi connectivity index (χ0n) is 13.7. The average Bonchev–Trinajstić information content (AvgIpc) is 3.07. The Bertz CT molecular complexity index is 680. The number of nitro benzene ring substituents is 1. The molecule has 0 aliphatic heterocycles. The molecule has 1 aliphatic carbocycles. The minimum absolute atomic E-state index is 0.0956. The van der Waals surface area contributed by atoms with Crippen LogP contribution in [0.2, 0.25) is 0 Å². The number of rotatable bonds is 8. The highest BCUT2D eigenvalue weighted by Gasteiger charge is 2.35. The van der Waals surface area contributed by atoms with Crippen LogP contribution in [0.4, 0.5) is 17.1 Å². The molecule has 1 saturated carbocycles. The van der Waals surface area contributed by atoms with E-state index in [4.69, 9.17) is 5.11 Å². The lowest BCUT2D eigenvalue weighted by Crippen LogP contribution is -2.47. The zero-order chi connectivity index (χ0) is 18.3. The highest BCUT2D eigenvalue weighted by Crippen LogP contribution is 2.29. The largest absolute Gasteiger partial charge is 0.395 e. The van der Waals surface area contributed by atoms with Crippen molar-refractivity contribution in [3.8, 4) is 6.07 Å². The Balaban J connectivity index is 2.04. The highest BCUT2D eigenvalue weighted by molar-refractivity contribution is 5.84. The van der Waals surface area contributed by atoms with E-state index >= 15 is 0 Å². The van der Waals surface area contributed by atoms with E-state index in [1.807, 2.05) is 0 Å². The molecule has 0 atom stereocenters. The molecule has 0 radical (unpaired) electrons. The first kappa shape index (κ1) is 18.5. The first-order valence-corrected chi connectivity index (χ1v) is 8.09. The van der Waals surface area contributed by atoms with Crippen molar-refractivity contribution in [2.45, 2.75) is 31.2 Å². The van der Waals surface area contributed by atoms with Crippen molar-refractivity contribution in [3.05, 3.63) is 28.3 Å². The molecule has 0 bridgehead atoms. The Morgan fingerprint density at radius 3 is 2.64 bits per heavy atom. The summed E-state index contributed by atoms with van der Waals surface area (Å²) in [5.41, 5.74) is 0.0136. The lowest BCUT2D eigenvalue weighted by Gasteiger charge is -2.22. The third-order valence-corrected chi connectivity index (χ3v) is 4.13. The molecule has 9 nitrogen and oxygen atoms in total. The summed E-state index contributed by atoms with van der Waals surface area (Å²) in [5, 5.41) is 37.7. The molecule has 4 N–H and O–H groups in total. The number of hydrogen-bond donors (Lipinski definition) is 4. The molecule has 2 rings (SSSR count). The minimum atomic E-state index is -0.806. The van der Waals surface area contributed by atoms with Crippen LogP contribution in [0, 0.1) is 21.4 Å². The Labute approximate surface area is 145 Å². The fraction of sp³-hybridized carbons (Fsp3) is 0.500. The van der Waals surface area contributed by atoms with Crippen molar-refractivity contribution >= 4 is 23.0 Å². The Hall–Kier alpha value is -2.86. The van der Waals surface area contributed by atoms with Gasteiger partial charge in [-0.15, -0.1) is 0 Å². The lowest BCUT2D eigenvalue weighted by atomic mass is 10.00. The van der Waals surface area contributed by atoms with Crippen molar-refractivity contribution in [1.82, 2.24) is 5.32 Å². The van der Waals surface area contributed by atoms with Crippen LogP contribution in [-0.4, -0.2) is 41.2 Å². The van der Waals surface area contributed by atoms with Crippen molar-refractivity contribution in [2.24, 2.45) is 0 Å². The monoisotopic (exact) mass is 347 g/mol. The Morgan fingerprint density at radius 2 is 2.04 bits per heavy atom. The lowest BCUT2D eigenvalue weighted by molar-refractivity contribution is -0.384. The van der Waals surface area contributed by atoms with Gasteiger partial charge < -0.3 is 21.1 Å². The average molecular weight is 347 g/mol. The highest BCUT2D eigenvalue weighted by atomic mass is 16.6. The van der Waals surface area contributed by atoms with E-state index in [0.717, 1.165) is 12.8 Å². The van der Waals surface area contributed by atoms with Gasteiger partial charge in [-0.1, -0.05) is 0 Å². The van der Waals surface area contributed by atoms with Crippen LogP contribution >= 0.6 is 0 Å². The normalized spacial score (nSPS) is 15.2. The maximum atomic E-state index is 12.2. The van der Waals surface area contributed by atoms with Gasteiger partial charge in [-0.3, -0.25) is 14.9 Å². The summed E-state index contributed by atoms with van der Waals surface area (Å²) in [4.78, 5) is 22.6. The van der Waals surface area contributed by atoms with Crippen molar-refractivity contribution in [2.75, 3.05) is 30.3 Å². The molecule has 0 heterocycles. The molecule has 0 saturated heterocycles. The number of nitriles is 1. The smallest absolute Gasteiger partial charge is 0.271 e. The molecule has 1 aliphatic rings. The Morgan fingerprint density at radius 1 is 1.32 bits per heavy atom. The van der Waals surface area contributed by atoms with Gasteiger partial charge in [-0.2, -0.15) is 5.26 Å². The zero-order valence-corrected chi connectivity index (χ0v) is 13.7. The van der Waals surface area contributed by atoms with Gasteiger partial charge in [-0.05, 0) is 31.7 Å². The summed E-state index contributed by atoms with van der Waals surface area (Å²) < 4.78 is 0. The molecule has 9 heteroatoms. The molecule has 134 valence electrons. The fourth-order valence-electron chi connectivity index (χ4n) is 2.87. The van der Waals surface area contributed by atoms with E-state index in [0.29, 0.717) is 24.2 Å². The van der Waals surface area contributed by atoms with Crippen molar-refractivity contribution in [1.29, 1.82) is 5.26 Å². The first-order valence-electron chi connectivity index (χ1n) is 8.09. The quantitative estimate of drug-likeness (QED) is 0.411. The van der Waals surface area contributed by atoms with Crippen molar-refractivity contribution in [3.63, 3.8) is 0 Å². The summed E-state index contributed by atoms with van der Waals surface area (Å²) >= 11 is 0. The number of nitro groups is 1. The van der Waals surface area contributed by atoms with Crippen LogP contribution in [0.15, 0.2) is 18.2 Å². The van der Waals surface area contributed by atoms with Gasteiger partial charge in [0.1, 0.15) is 5.54 Å². The van der Waals surface area contributed by atoms with Crippen LogP contribution in [0.3, 0.4) is 0 Å². The van der Waals surface area contributed by atoms with Gasteiger partial charge in [0.25, 0.3) is 5.69 Å². The number of nitrogens with one attached hydrogen (secondary N) is 3. The van der Waals surface area contributed by atoms with E-state index in [-0.39, 0.29) is 31.3 Å². The number of anilines is 2. The Kier molecular flexibility index (Phi) is 6.14. The molecule has 1 amide bonds. The van der Waals surface area contributed by atoms with Gasteiger partial charge in [-0.25, -0.2) is 0 Å². The summed E-state index contributed by atoms with van der Waals surface area (Å²) in [7, 11) is 0. The second-order valence-electron chi connectivity index (χ2n) is 5.94. The number of amides is 1. The fourth-order valence-corrected chi connectivity index (χ4v) is 2.87. The number of aliphatic hydroxyl groups is 1. The predicted molar refractivity (Wildman–Crippen MR) is 92.1 cm³/mol. The molecule has 25 heavy (non-hydrogen) atoms. The maximum absolute atomic E-state index is 12.2. The van der Waals surface area contributed by atoms with Gasteiger partial charge in [0.05, 0.1) is 35.5 Å². The summed E-state index contributed by atoms with van der Waals surface area (Å²) in [5.74, 6) is -0.344. The van der Waals surface area contributed by atoms with Gasteiger partial charge >= 0.3 is 0 Å². The minimum Gasteiger partial charge on any atom is -0.395 e. The maximum Gasteiger partial charge on any atom is 0.271 e. The van der Waals surface area contributed by atoms with Crippen LogP contribution in [-0.2, 0) is 4.79 Å². The number of benzene rings is 1. The van der Waals surface area contributed by atoms with Crippen LogP contribution < -0.4 is 16.0 Å². The molecule has 1 aromatic rings. The van der Waals surface area contributed by atoms with Gasteiger partial charge in [0.2, 0.25) is 5.91 Å². The molecule has 0 aromatic heterocycles. The van der Waals surface area contributed by atoms with Crippen LogP contribution in [0.5, 0.6) is 0 Å². The third-order valence-electron chi connectivity index (χ3n) is 4.13. The van der Waals surface area contributed by atoms with E-state index in [1.54, 1.807) is 0 Å². The molecule has 0 spiro atoms. The van der Waals surface area contributed by atoms with Crippen molar-refractivity contribution < 1.29 is 14.8 Å². The summed E-state index contributed by atoms with van der Waals surface area (Å²) in [6.45, 7) is 0.0657. The van der Waals surface area contributed by atoms with Crippen LogP contribution in [0.25, 0.3) is 0 Å². The second kappa shape index (κ2) is 8.30. The predicted octanol–water partition coefficient (Wildman–Crippen LogP) is 1.36. The third kappa shape index (κ3) is 4.81. The van der Waals surface area contributed by atoms with Gasteiger partial charge in [0, 0.05) is 18.7 Å². The first-order chi connectivity index (χ1) is 12.0. The van der Waals surface area contributed by atoms with E-state index in [2.05, 4.69) is 22.0 Å². The summed E-state index contributed by atoms with van der Waals surface area (Å²) in [6, 6.07) is 6.36. The number of hydrogen-bond acceptors (Lipinski definition) is 7. The molecular formula is C16H21N5O4. The van der Waals surface area contributed by atoms with Crippen LogP contribution in [0.1, 0.15) is 25.7 Å².